The molecule has 1 aliphatic rings. The minimum atomic E-state index is 0.196. The van der Waals surface area contributed by atoms with Gasteiger partial charge in [-0.2, -0.15) is 0 Å². The highest BCUT2D eigenvalue weighted by Gasteiger charge is 2.19. The molecule has 0 saturated carbocycles. The van der Waals surface area contributed by atoms with E-state index in [4.69, 9.17) is 4.74 Å². The van der Waals surface area contributed by atoms with Crippen LogP contribution in [-0.4, -0.2) is 52.8 Å². The molecule has 2 aromatic rings. The number of benzene rings is 1. The quantitative estimate of drug-likeness (QED) is 0.909. The van der Waals surface area contributed by atoms with Crippen LogP contribution in [0.4, 0.5) is 5.95 Å². The molecule has 23 heavy (non-hydrogen) atoms. The first-order valence-electron chi connectivity index (χ1n) is 7.95. The van der Waals surface area contributed by atoms with Gasteiger partial charge in [0.25, 0.3) is 0 Å². The molecule has 6 nitrogen and oxygen atoms in total. The third-order valence-corrected chi connectivity index (χ3v) is 3.94. The maximum absolute atomic E-state index is 9.77. The van der Waals surface area contributed by atoms with Crippen LogP contribution in [0.3, 0.4) is 0 Å². The van der Waals surface area contributed by atoms with Gasteiger partial charge in [0.1, 0.15) is 0 Å². The number of nitrogens with zero attached hydrogens (tertiary/aromatic N) is 4. The van der Waals surface area contributed by atoms with Crippen LogP contribution in [0.15, 0.2) is 36.7 Å². The topological polar surface area (TPSA) is 61.7 Å². The largest absolute Gasteiger partial charge is 0.504 e. The molecule has 3 rings (SSSR count). The average Bonchev–Trinajstić information content (AvgIpc) is 2.60. The zero-order chi connectivity index (χ0) is 16.1. The van der Waals surface area contributed by atoms with E-state index in [-0.39, 0.29) is 5.75 Å². The summed E-state index contributed by atoms with van der Waals surface area (Å²) in [6.45, 7) is 7.07. The number of anilines is 1. The van der Waals surface area contributed by atoms with Gasteiger partial charge in [0.2, 0.25) is 5.95 Å². The molecule has 0 unspecified atom stereocenters. The van der Waals surface area contributed by atoms with E-state index in [1.165, 1.54) is 0 Å². The molecule has 1 aromatic carbocycles. The van der Waals surface area contributed by atoms with Crippen molar-refractivity contribution in [2.75, 3.05) is 37.7 Å². The smallest absolute Gasteiger partial charge is 0.225 e. The highest BCUT2D eigenvalue weighted by atomic mass is 16.5. The minimum Gasteiger partial charge on any atom is -0.504 e. The van der Waals surface area contributed by atoms with E-state index in [2.05, 4.69) is 19.8 Å². The van der Waals surface area contributed by atoms with Crippen LogP contribution >= 0.6 is 0 Å². The molecule has 0 aliphatic carbocycles. The van der Waals surface area contributed by atoms with Crippen molar-refractivity contribution in [3.05, 3.63) is 42.2 Å². The number of aromatic nitrogens is 2. The standard InChI is InChI=1S/C17H22N4O2/c1-2-23-16-12-14(4-5-15(16)22)13-20-8-10-21(11-9-20)17-18-6-3-7-19-17/h3-7,12,22H,2,8-11,13H2,1H3. The van der Waals surface area contributed by atoms with E-state index in [0.29, 0.717) is 12.4 Å². The lowest BCUT2D eigenvalue weighted by Gasteiger charge is -2.34. The van der Waals surface area contributed by atoms with Crippen molar-refractivity contribution in [3.8, 4) is 11.5 Å². The molecule has 1 aromatic heterocycles. The molecule has 1 fully saturated rings. The number of rotatable bonds is 5. The second-order valence-corrected chi connectivity index (χ2v) is 5.55. The lowest BCUT2D eigenvalue weighted by molar-refractivity contribution is 0.247. The molecule has 0 spiro atoms. The number of phenolic OH excluding ortho intramolecular Hbond substituents is 1. The zero-order valence-electron chi connectivity index (χ0n) is 13.4. The summed E-state index contributed by atoms with van der Waals surface area (Å²) in [6, 6.07) is 7.41. The van der Waals surface area contributed by atoms with Crippen LogP contribution in [0.2, 0.25) is 0 Å². The Labute approximate surface area is 136 Å². The van der Waals surface area contributed by atoms with Crippen molar-refractivity contribution in [2.45, 2.75) is 13.5 Å². The Kier molecular flexibility index (Phi) is 4.92. The monoisotopic (exact) mass is 314 g/mol. The first-order chi connectivity index (χ1) is 11.3. The first kappa shape index (κ1) is 15.6. The highest BCUT2D eigenvalue weighted by molar-refractivity contribution is 5.41. The first-order valence-corrected chi connectivity index (χ1v) is 7.95. The number of hydrogen-bond donors (Lipinski definition) is 1. The van der Waals surface area contributed by atoms with Crippen LogP contribution in [0.5, 0.6) is 11.5 Å². The van der Waals surface area contributed by atoms with Crippen molar-refractivity contribution >= 4 is 5.95 Å². The molecule has 1 N–H and O–H groups in total. The van der Waals surface area contributed by atoms with Gasteiger partial charge in [0.15, 0.2) is 11.5 Å². The molecule has 122 valence electrons. The van der Waals surface area contributed by atoms with Gasteiger partial charge in [-0.25, -0.2) is 9.97 Å². The van der Waals surface area contributed by atoms with Crippen molar-refractivity contribution < 1.29 is 9.84 Å². The fourth-order valence-electron chi connectivity index (χ4n) is 2.75. The Bertz CT molecular complexity index is 628. The van der Waals surface area contributed by atoms with Gasteiger partial charge in [-0.05, 0) is 30.7 Å². The zero-order valence-corrected chi connectivity index (χ0v) is 13.4. The van der Waals surface area contributed by atoms with Crippen LogP contribution < -0.4 is 9.64 Å². The Morgan fingerprint density at radius 3 is 2.57 bits per heavy atom. The summed E-state index contributed by atoms with van der Waals surface area (Å²) >= 11 is 0. The van der Waals surface area contributed by atoms with E-state index in [1.54, 1.807) is 18.5 Å². The summed E-state index contributed by atoms with van der Waals surface area (Å²) in [5, 5.41) is 9.77. The summed E-state index contributed by atoms with van der Waals surface area (Å²) in [4.78, 5) is 13.2. The summed E-state index contributed by atoms with van der Waals surface area (Å²) in [5.41, 5.74) is 1.15. The predicted molar refractivity (Wildman–Crippen MR) is 88.8 cm³/mol. The van der Waals surface area contributed by atoms with Gasteiger partial charge < -0.3 is 14.7 Å². The van der Waals surface area contributed by atoms with Crippen molar-refractivity contribution in [1.82, 2.24) is 14.9 Å². The number of piperazine rings is 1. The van der Waals surface area contributed by atoms with Crippen molar-refractivity contribution in [3.63, 3.8) is 0 Å². The number of ether oxygens (including phenoxy) is 1. The van der Waals surface area contributed by atoms with Crippen LogP contribution in [-0.2, 0) is 6.54 Å². The molecule has 0 radical (unpaired) electrons. The Morgan fingerprint density at radius 1 is 1.13 bits per heavy atom. The summed E-state index contributed by atoms with van der Waals surface area (Å²) in [5.74, 6) is 1.55. The molecule has 0 amide bonds. The Balaban J connectivity index is 1.57. The van der Waals surface area contributed by atoms with Gasteiger partial charge in [-0.15, -0.1) is 0 Å². The molecule has 1 aliphatic heterocycles. The maximum Gasteiger partial charge on any atom is 0.225 e. The molecular weight excluding hydrogens is 292 g/mol. The number of hydrogen-bond acceptors (Lipinski definition) is 6. The second-order valence-electron chi connectivity index (χ2n) is 5.55. The Morgan fingerprint density at radius 2 is 1.87 bits per heavy atom. The third kappa shape index (κ3) is 3.90. The lowest BCUT2D eigenvalue weighted by Crippen LogP contribution is -2.46. The van der Waals surface area contributed by atoms with Gasteiger partial charge >= 0.3 is 0 Å². The molecule has 2 heterocycles. The van der Waals surface area contributed by atoms with E-state index in [0.717, 1.165) is 44.2 Å². The predicted octanol–water partition coefficient (Wildman–Crippen LogP) is 1.90. The van der Waals surface area contributed by atoms with E-state index in [9.17, 15) is 5.11 Å². The molecule has 6 heteroatoms. The highest BCUT2D eigenvalue weighted by Crippen LogP contribution is 2.27. The van der Waals surface area contributed by atoms with E-state index < -0.39 is 0 Å². The number of phenols is 1. The summed E-state index contributed by atoms with van der Waals surface area (Å²) in [7, 11) is 0. The molecule has 1 saturated heterocycles. The molecule has 0 bridgehead atoms. The summed E-state index contributed by atoms with van der Waals surface area (Å²) in [6.07, 6.45) is 3.56. The van der Waals surface area contributed by atoms with Crippen molar-refractivity contribution in [2.24, 2.45) is 0 Å². The van der Waals surface area contributed by atoms with Crippen LogP contribution in [0, 0.1) is 0 Å². The van der Waals surface area contributed by atoms with Crippen molar-refractivity contribution in [1.29, 1.82) is 0 Å². The second kappa shape index (κ2) is 7.28. The molecule has 0 atom stereocenters. The third-order valence-electron chi connectivity index (χ3n) is 3.94. The Hall–Kier alpha value is -2.34. The fourth-order valence-corrected chi connectivity index (χ4v) is 2.75. The van der Waals surface area contributed by atoms with Gasteiger partial charge in [-0.1, -0.05) is 6.07 Å². The SMILES string of the molecule is CCOc1cc(CN2CCN(c3ncccn3)CC2)ccc1O. The summed E-state index contributed by atoms with van der Waals surface area (Å²) < 4.78 is 5.45. The van der Waals surface area contributed by atoms with Crippen LogP contribution in [0.25, 0.3) is 0 Å². The lowest BCUT2D eigenvalue weighted by atomic mass is 10.1. The minimum absolute atomic E-state index is 0.196. The maximum atomic E-state index is 9.77. The van der Waals surface area contributed by atoms with Crippen LogP contribution in [0.1, 0.15) is 12.5 Å². The van der Waals surface area contributed by atoms with E-state index >= 15 is 0 Å². The number of aromatic hydroxyl groups is 1. The van der Waals surface area contributed by atoms with Gasteiger partial charge in [0, 0.05) is 45.1 Å². The van der Waals surface area contributed by atoms with Gasteiger partial charge in [0.05, 0.1) is 6.61 Å². The normalized spacial score (nSPS) is 15.6. The molecular formula is C17H22N4O2. The van der Waals surface area contributed by atoms with Gasteiger partial charge in [-0.3, -0.25) is 4.90 Å². The average molecular weight is 314 g/mol. The fraction of sp³-hybridized carbons (Fsp3) is 0.412. The van der Waals surface area contributed by atoms with E-state index in [1.807, 2.05) is 25.1 Å².